The average molecular weight is 190 g/mol. The van der Waals surface area contributed by atoms with Gasteiger partial charge in [-0.2, -0.15) is 0 Å². The van der Waals surface area contributed by atoms with Gasteiger partial charge in [-0.3, -0.25) is 0 Å². The third kappa shape index (κ3) is 4.41. The van der Waals surface area contributed by atoms with Gasteiger partial charge in [-0.25, -0.2) is 0 Å². The molecule has 12 heavy (non-hydrogen) atoms. The van der Waals surface area contributed by atoms with E-state index >= 15 is 0 Å². The Morgan fingerprint density at radius 3 is 2.33 bits per heavy atom. The van der Waals surface area contributed by atoms with Gasteiger partial charge in [0.05, 0.1) is 6.61 Å². The van der Waals surface area contributed by atoms with E-state index in [0.717, 1.165) is 0 Å². The Bertz CT molecular complexity index is 154. The van der Waals surface area contributed by atoms with Crippen LogP contribution in [0.4, 0.5) is 0 Å². The minimum atomic E-state index is -1.99. The third-order valence-corrected chi connectivity index (χ3v) is 3.04. The topological polar surface area (TPSA) is 27.7 Å². The molecule has 0 aliphatic heterocycles. The van der Waals surface area contributed by atoms with Crippen molar-refractivity contribution in [2.45, 2.75) is 26.9 Å². The van der Waals surface area contributed by atoms with Crippen molar-refractivity contribution >= 4 is 8.56 Å². The summed E-state index contributed by atoms with van der Waals surface area (Å²) >= 11 is 0. The first-order chi connectivity index (χ1) is 5.55. The summed E-state index contributed by atoms with van der Waals surface area (Å²) in [5.41, 5.74) is 0. The zero-order valence-electron chi connectivity index (χ0n) is 8.51. The fraction of sp³-hybridized carbons (Fsp3) is 0.750. The molecule has 0 aromatic carbocycles. The van der Waals surface area contributed by atoms with Gasteiger partial charge in [0.1, 0.15) is 0 Å². The second-order valence-corrected chi connectivity index (χ2v) is 6.16. The summed E-state index contributed by atoms with van der Waals surface area (Å²) in [7, 11) is -0.334. The van der Waals surface area contributed by atoms with Crippen molar-refractivity contribution < 1.29 is 13.6 Å². The summed E-state index contributed by atoms with van der Waals surface area (Å²) in [6.45, 7) is 8.36. The molecule has 0 aromatic rings. The predicted octanol–water partition coefficient (Wildman–Crippen LogP) is 2.25. The Morgan fingerprint density at radius 1 is 1.42 bits per heavy atom. The van der Waals surface area contributed by atoms with Crippen LogP contribution < -0.4 is 0 Å². The highest BCUT2D eigenvalue weighted by Crippen LogP contribution is 2.11. The maximum absolute atomic E-state index is 5.53. The molecule has 0 radical (unpaired) electrons. The SMILES string of the molecule is CC=C(OCC)O[Si](C)(C)OC. The standard InChI is InChI=1S/C8H18O3Si/c1-6-8(10-7-2)11-12(4,5)9-3/h6H,7H2,1-5H3. The molecule has 0 saturated heterocycles. The molecule has 0 atom stereocenters. The Morgan fingerprint density at radius 2 is 2.00 bits per heavy atom. The summed E-state index contributed by atoms with van der Waals surface area (Å²) in [6.07, 6.45) is 1.80. The zero-order chi connectivity index (χ0) is 9.61. The summed E-state index contributed by atoms with van der Waals surface area (Å²) < 4.78 is 16.0. The monoisotopic (exact) mass is 190 g/mol. The van der Waals surface area contributed by atoms with Gasteiger partial charge in [0.25, 0.3) is 5.95 Å². The Balaban J connectivity index is 4.03. The van der Waals surface area contributed by atoms with E-state index in [1.165, 1.54) is 0 Å². The number of rotatable bonds is 5. The minimum Gasteiger partial charge on any atom is -0.494 e. The smallest absolute Gasteiger partial charge is 0.395 e. The summed E-state index contributed by atoms with van der Waals surface area (Å²) in [6, 6.07) is 0. The molecule has 0 N–H and O–H groups in total. The van der Waals surface area contributed by atoms with Crippen LogP contribution in [0.25, 0.3) is 0 Å². The summed E-state index contributed by atoms with van der Waals surface area (Å²) in [5.74, 6) is 0.566. The first-order valence-corrected chi connectivity index (χ1v) is 6.90. The molecular formula is C8H18O3Si. The first kappa shape index (κ1) is 11.5. The number of allylic oxidation sites excluding steroid dienone is 1. The molecule has 4 heteroatoms. The molecule has 0 aromatic heterocycles. The summed E-state index contributed by atoms with van der Waals surface area (Å²) in [5, 5.41) is 0. The van der Waals surface area contributed by atoms with Crippen molar-refractivity contribution in [1.29, 1.82) is 0 Å². The van der Waals surface area contributed by atoms with E-state index in [9.17, 15) is 0 Å². The molecule has 0 unspecified atom stereocenters. The number of hydrogen-bond donors (Lipinski definition) is 0. The average Bonchev–Trinajstić information content (AvgIpc) is 2.03. The van der Waals surface area contributed by atoms with Gasteiger partial charge in [-0.1, -0.05) is 0 Å². The molecule has 0 saturated carbocycles. The van der Waals surface area contributed by atoms with Crippen molar-refractivity contribution in [3.8, 4) is 0 Å². The van der Waals surface area contributed by atoms with Crippen LogP contribution in [0, 0.1) is 0 Å². The van der Waals surface area contributed by atoms with E-state index < -0.39 is 8.56 Å². The second-order valence-electron chi connectivity index (χ2n) is 2.75. The Labute approximate surface area is 75.6 Å². The Hall–Kier alpha value is -0.483. The van der Waals surface area contributed by atoms with Gasteiger partial charge in [-0.05, 0) is 33.0 Å². The van der Waals surface area contributed by atoms with Gasteiger partial charge in [-0.15, -0.1) is 0 Å². The van der Waals surface area contributed by atoms with Crippen LogP contribution in [-0.4, -0.2) is 22.3 Å². The van der Waals surface area contributed by atoms with E-state index in [2.05, 4.69) is 0 Å². The van der Waals surface area contributed by atoms with Crippen LogP contribution in [-0.2, 0) is 13.6 Å². The van der Waals surface area contributed by atoms with Crippen LogP contribution in [0.15, 0.2) is 12.0 Å². The lowest BCUT2D eigenvalue weighted by Crippen LogP contribution is -2.33. The van der Waals surface area contributed by atoms with Gasteiger partial charge in [0.15, 0.2) is 0 Å². The van der Waals surface area contributed by atoms with Crippen LogP contribution in [0.3, 0.4) is 0 Å². The van der Waals surface area contributed by atoms with Crippen LogP contribution >= 0.6 is 0 Å². The fourth-order valence-electron chi connectivity index (χ4n) is 0.598. The lowest BCUT2D eigenvalue weighted by Gasteiger charge is -2.22. The van der Waals surface area contributed by atoms with E-state index in [1.54, 1.807) is 13.2 Å². The second kappa shape index (κ2) is 5.21. The molecule has 0 bridgehead atoms. The van der Waals surface area contributed by atoms with Gasteiger partial charge in [0.2, 0.25) is 0 Å². The van der Waals surface area contributed by atoms with Crippen molar-refractivity contribution in [2.75, 3.05) is 13.7 Å². The molecular weight excluding hydrogens is 172 g/mol. The van der Waals surface area contributed by atoms with Gasteiger partial charge in [0, 0.05) is 7.11 Å². The predicted molar refractivity (Wildman–Crippen MR) is 51.0 cm³/mol. The van der Waals surface area contributed by atoms with Crippen LogP contribution in [0.5, 0.6) is 0 Å². The fourth-order valence-corrected chi connectivity index (χ4v) is 1.34. The van der Waals surface area contributed by atoms with E-state index in [0.29, 0.717) is 12.6 Å². The van der Waals surface area contributed by atoms with Crippen molar-refractivity contribution in [3.63, 3.8) is 0 Å². The number of ether oxygens (including phenoxy) is 1. The molecule has 0 heterocycles. The molecule has 0 aliphatic carbocycles. The highest BCUT2D eigenvalue weighted by Gasteiger charge is 2.26. The van der Waals surface area contributed by atoms with Crippen LogP contribution in [0.2, 0.25) is 13.1 Å². The maximum Gasteiger partial charge on any atom is 0.395 e. The molecule has 0 spiro atoms. The maximum atomic E-state index is 5.53. The third-order valence-electron chi connectivity index (χ3n) is 1.36. The Kier molecular flexibility index (Phi) is 5.00. The molecule has 3 nitrogen and oxygen atoms in total. The van der Waals surface area contributed by atoms with Crippen molar-refractivity contribution in [1.82, 2.24) is 0 Å². The van der Waals surface area contributed by atoms with Crippen LogP contribution in [0.1, 0.15) is 13.8 Å². The van der Waals surface area contributed by atoms with Gasteiger partial charge >= 0.3 is 8.56 Å². The summed E-state index contributed by atoms with van der Waals surface area (Å²) in [4.78, 5) is 0. The normalized spacial score (nSPS) is 12.9. The first-order valence-electron chi connectivity index (χ1n) is 4.09. The lowest BCUT2D eigenvalue weighted by atomic mass is 10.7. The van der Waals surface area contributed by atoms with E-state index in [4.69, 9.17) is 13.6 Å². The zero-order valence-corrected chi connectivity index (χ0v) is 9.51. The van der Waals surface area contributed by atoms with Gasteiger partial charge < -0.3 is 13.6 Å². The highest BCUT2D eigenvalue weighted by atomic mass is 28.4. The van der Waals surface area contributed by atoms with Crippen molar-refractivity contribution in [3.05, 3.63) is 12.0 Å². The molecule has 0 amide bonds. The lowest BCUT2D eigenvalue weighted by molar-refractivity contribution is 0.0901. The molecule has 0 rings (SSSR count). The van der Waals surface area contributed by atoms with Crippen molar-refractivity contribution in [2.24, 2.45) is 0 Å². The molecule has 0 fully saturated rings. The quantitative estimate of drug-likeness (QED) is 0.491. The van der Waals surface area contributed by atoms with E-state index in [1.807, 2.05) is 26.9 Å². The highest BCUT2D eigenvalue weighted by molar-refractivity contribution is 6.64. The molecule has 72 valence electrons. The largest absolute Gasteiger partial charge is 0.494 e. The van der Waals surface area contributed by atoms with E-state index in [-0.39, 0.29) is 0 Å². The molecule has 0 aliphatic rings. The minimum absolute atomic E-state index is 0.566. The number of hydrogen-bond acceptors (Lipinski definition) is 3.